The zero-order valence-corrected chi connectivity index (χ0v) is 16.9. The second kappa shape index (κ2) is 8.37. The minimum absolute atomic E-state index is 0.105. The summed E-state index contributed by atoms with van der Waals surface area (Å²) in [5, 5.41) is 21.0. The molecular weight excluding hydrogens is 392 g/mol. The number of amides is 1. The number of aliphatic hydroxyl groups is 1. The first kappa shape index (κ1) is 20.2. The molecule has 31 heavy (non-hydrogen) atoms. The molecule has 156 valence electrons. The number of aromatic amines is 1. The highest BCUT2D eigenvalue weighted by molar-refractivity contribution is 6.15. The number of hydrogen-bond acceptors (Lipinski definition) is 6. The molecule has 1 unspecified atom stereocenters. The molecule has 0 saturated heterocycles. The molecule has 8 heteroatoms. The van der Waals surface area contributed by atoms with Crippen LogP contribution in [-0.2, 0) is 0 Å². The van der Waals surface area contributed by atoms with E-state index in [1.54, 1.807) is 36.7 Å². The first-order valence-corrected chi connectivity index (χ1v) is 9.73. The number of hydrogen-bond donors (Lipinski definition) is 5. The number of benzene rings is 2. The van der Waals surface area contributed by atoms with Crippen LogP contribution >= 0.6 is 0 Å². The van der Waals surface area contributed by atoms with Gasteiger partial charge in [-0.3, -0.25) is 15.2 Å². The minimum atomic E-state index is -0.555. The lowest BCUT2D eigenvalue weighted by molar-refractivity contribution is 0.0907. The van der Waals surface area contributed by atoms with E-state index in [1.807, 2.05) is 31.2 Å². The van der Waals surface area contributed by atoms with E-state index in [2.05, 4.69) is 20.3 Å². The van der Waals surface area contributed by atoms with Crippen LogP contribution in [0.1, 0.15) is 38.9 Å². The molecule has 0 aliphatic carbocycles. The number of fused-ring (bicyclic) bond motifs is 1. The van der Waals surface area contributed by atoms with Gasteiger partial charge in [0.25, 0.3) is 5.91 Å². The highest BCUT2D eigenvalue weighted by Gasteiger charge is 2.19. The van der Waals surface area contributed by atoms with E-state index in [-0.39, 0.29) is 18.1 Å². The molecule has 0 fully saturated rings. The molecule has 1 amide bonds. The molecule has 0 radical (unpaired) electrons. The van der Waals surface area contributed by atoms with E-state index in [9.17, 15) is 9.90 Å². The summed E-state index contributed by atoms with van der Waals surface area (Å²) >= 11 is 0. The Labute approximate surface area is 178 Å². The molecule has 4 aromatic rings. The maximum atomic E-state index is 12.8. The SMILES string of the molecule is Cc1cccc(C(CO)NC(=O)c2nc3cc(N)c(C(=N)c4ccncc4)cc3[nH]2)c1. The van der Waals surface area contributed by atoms with Crippen LogP contribution in [0.5, 0.6) is 0 Å². The van der Waals surface area contributed by atoms with Crippen molar-refractivity contribution in [3.63, 3.8) is 0 Å². The Balaban J connectivity index is 1.61. The maximum Gasteiger partial charge on any atom is 0.287 e. The van der Waals surface area contributed by atoms with Crippen molar-refractivity contribution in [1.82, 2.24) is 20.3 Å². The first-order chi connectivity index (χ1) is 15.0. The predicted molar refractivity (Wildman–Crippen MR) is 119 cm³/mol. The van der Waals surface area contributed by atoms with E-state index in [4.69, 9.17) is 11.1 Å². The van der Waals surface area contributed by atoms with Gasteiger partial charge in [0.1, 0.15) is 0 Å². The number of aryl methyl sites for hydroxylation is 1. The number of nitrogen functional groups attached to an aromatic ring is 1. The van der Waals surface area contributed by atoms with Gasteiger partial charge >= 0.3 is 0 Å². The second-order valence-corrected chi connectivity index (χ2v) is 7.28. The van der Waals surface area contributed by atoms with Gasteiger partial charge in [-0.25, -0.2) is 4.98 Å². The van der Waals surface area contributed by atoms with Crippen molar-refractivity contribution in [3.05, 3.63) is 89.0 Å². The standard InChI is InChI=1S/C23H22N6O2/c1-13-3-2-4-15(9-13)20(12-30)29-23(31)22-27-18-10-16(17(24)11-19(18)28-22)21(25)14-5-7-26-8-6-14/h2-11,20,25,30H,12,24H2,1H3,(H,27,28)(H,29,31). The number of carbonyl (C=O) groups is 1. The van der Waals surface area contributed by atoms with E-state index >= 15 is 0 Å². The van der Waals surface area contributed by atoms with Crippen LogP contribution in [0.3, 0.4) is 0 Å². The van der Waals surface area contributed by atoms with Crippen LogP contribution < -0.4 is 11.1 Å². The van der Waals surface area contributed by atoms with Gasteiger partial charge in [0.05, 0.1) is 29.4 Å². The molecule has 0 aliphatic rings. The summed E-state index contributed by atoms with van der Waals surface area (Å²) in [5.41, 5.74) is 11.0. The summed E-state index contributed by atoms with van der Waals surface area (Å²) in [7, 11) is 0. The number of rotatable bonds is 6. The lowest BCUT2D eigenvalue weighted by atomic mass is 10.0. The summed E-state index contributed by atoms with van der Waals surface area (Å²) in [6, 6.07) is 13.9. The third-order valence-corrected chi connectivity index (χ3v) is 5.04. The fourth-order valence-electron chi connectivity index (χ4n) is 3.42. The molecule has 4 rings (SSSR count). The summed E-state index contributed by atoms with van der Waals surface area (Å²) in [4.78, 5) is 24.1. The third-order valence-electron chi connectivity index (χ3n) is 5.04. The molecule has 0 spiro atoms. The van der Waals surface area contributed by atoms with Gasteiger partial charge in [-0.1, -0.05) is 29.8 Å². The number of carbonyl (C=O) groups excluding carboxylic acids is 1. The molecule has 0 bridgehead atoms. The summed E-state index contributed by atoms with van der Waals surface area (Å²) in [6.45, 7) is 1.71. The molecule has 0 saturated carbocycles. The minimum Gasteiger partial charge on any atom is -0.398 e. The Hall–Kier alpha value is -4.04. The number of aromatic nitrogens is 3. The van der Waals surface area contributed by atoms with Crippen molar-refractivity contribution in [2.45, 2.75) is 13.0 Å². The third kappa shape index (κ3) is 4.15. The van der Waals surface area contributed by atoms with Crippen molar-refractivity contribution in [1.29, 1.82) is 5.41 Å². The van der Waals surface area contributed by atoms with Crippen molar-refractivity contribution < 1.29 is 9.90 Å². The van der Waals surface area contributed by atoms with Crippen LogP contribution in [-0.4, -0.2) is 38.3 Å². The fraction of sp³-hybridized carbons (Fsp3) is 0.130. The van der Waals surface area contributed by atoms with Gasteiger partial charge in [0.15, 0.2) is 5.82 Å². The van der Waals surface area contributed by atoms with Crippen molar-refractivity contribution >= 4 is 28.3 Å². The molecule has 8 nitrogen and oxygen atoms in total. The highest BCUT2D eigenvalue weighted by Crippen LogP contribution is 2.23. The lowest BCUT2D eigenvalue weighted by Crippen LogP contribution is -2.31. The Kier molecular flexibility index (Phi) is 5.46. The van der Waals surface area contributed by atoms with Crippen LogP contribution in [0.4, 0.5) is 5.69 Å². The van der Waals surface area contributed by atoms with Crippen LogP contribution in [0.2, 0.25) is 0 Å². The average molecular weight is 414 g/mol. The number of anilines is 1. The summed E-state index contributed by atoms with van der Waals surface area (Å²) in [6.07, 6.45) is 3.23. The smallest absolute Gasteiger partial charge is 0.287 e. The van der Waals surface area contributed by atoms with E-state index in [1.165, 1.54) is 0 Å². The van der Waals surface area contributed by atoms with Gasteiger partial charge < -0.3 is 21.1 Å². The summed E-state index contributed by atoms with van der Waals surface area (Å²) in [5.74, 6) is -0.339. The number of nitrogens with one attached hydrogen (secondary N) is 3. The van der Waals surface area contributed by atoms with Gasteiger partial charge in [-0.2, -0.15) is 0 Å². The number of pyridine rings is 1. The number of H-pyrrole nitrogens is 1. The van der Waals surface area contributed by atoms with Crippen LogP contribution in [0.25, 0.3) is 11.0 Å². The molecule has 2 heterocycles. The number of aliphatic hydroxyl groups excluding tert-OH is 1. The van der Waals surface area contributed by atoms with Gasteiger partial charge in [-0.05, 0) is 36.8 Å². The zero-order valence-electron chi connectivity index (χ0n) is 16.9. The zero-order chi connectivity index (χ0) is 22.0. The molecule has 6 N–H and O–H groups in total. The lowest BCUT2D eigenvalue weighted by Gasteiger charge is -2.16. The van der Waals surface area contributed by atoms with E-state index < -0.39 is 11.9 Å². The number of nitrogens with two attached hydrogens (primary N) is 1. The summed E-state index contributed by atoms with van der Waals surface area (Å²) < 4.78 is 0. The van der Waals surface area contributed by atoms with Gasteiger partial charge in [0.2, 0.25) is 0 Å². The number of imidazole rings is 1. The van der Waals surface area contributed by atoms with Crippen molar-refractivity contribution in [3.8, 4) is 0 Å². The molecule has 1 atom stereocenters. The molecule has 2 aromatic carbocycles. The molecular formula is C23H22N6O2. The van der Waals surface area contributed by atoms with Crippen LogP contribution in [0.15, 0.2) is 60.9 Å². The average Bonchev–Trinajstić information content (AvgIpc) is 3.20. The molecule has 0 aliphatic heterocycles. The Morgan fingerprint density at radius 2 is 2.00 bits per heavy atom. The first-order valence-electron chi connectivity index (χ1n) is 9.73. The largest absolute Gasteiger partial charge is 0.398 e. The Bertz CT molecular complexity index is 1270. The Morgan fingerprint density at radius 1 is 1.23 bits per heavy atom. The quantitative estimate of drug-likeness (QED) is 0.244. The fourth-order valence-corrected chi connectivity index (χ4v) is 3.42. The van der Waals surface area contributed by atoms with Crippen molar-refractivity contribution in [2.24, 2.45) is 0 Å². The Morgan fingerprint density at radius 3 is 2.71 bits per heavy atom. The van der Waals surface area contributed by atoms with E-state index in [0.29, 0.717) is 27.8 Å². The van der Waals surface area contributed by atoms with Crippen molar-refractivity contribution in [2.75, 3.05) is 12.3 Å². The normalized spacial score (nSPS) is 11.9. The second-order valence-electron chi connectivity index (χ2n) is 7.28. The maximum absolute atomic E-state index is 12.8. The monoisotopic (exact) mass is 414 g/mol. The van der Waals surface area contributed by atoms with Gasteiger partial charge in [0, 0.05) is 29.2 Å². The number of nitrogens with zero attached hydrogens (tertiary/aromatic N) is 2. The van der Waals surface area contributed by atoms with Crippen LogP contribution in [0, 0.1) is 12.3 Å². The van der Waals surface area contributed by atoms with E-state index in [0.717, 1.165) is 11.1 Å². The molecule has 2 aromatic heterocycles. The predicted octanol–water partition coefficient (Wildman–Crippen LogP) is 2.73. The topological polar surface area (TPSA) is 141 Å². The van der Waals surface area contributed by atoms with Gasteiger partial charge in [-0.15, -0.1) is 0 Å². The highest BCUT2D eigenvalue weighted by atomic mass is 16.3.